The molecule has 0 radical (unpaired) electrons. The molecule has 1 aromatic rings. The molecule has 0 saturated heterocycles. The van der Waals surface area contributed by atoms with Crippen LogP contribution in [0.3, 0.4) is 0 Å². The maximum atomic E-state index is 5.25. The molecule has 86 valence electrons. The van der Waals surface area contributed by atoms with Crippen molar-refractivity contribution in [2.45, 2.75) is 32.9 Å². The first-order chi connectivity index (χ1) is 7.24. The molecule has 0 spiro atoms. The van der Waals surface area contributed by atoms with Crippen LogP contribution in [0.1, 0.15) is 26.0 Å². The fourth-order valence-corrected chi connectivity index (χ4v) is 1.55. The molecule has 1 atom stereocenters. The van der Waals surface area contributed by atoms with Crippen LogP contribution in [0.25, 0.3) is 0 Å². The van der Waals surface area contributed by atoms with Gasteiger partial charge in [-0.05, 0) is 39.1 Å². The van der Waals surface area contributed by atoms with Gasteiger partial charge in [-0.1, -0.05) is 6.92 Å². The summed E-state index contributed by atoms with van der Waals surface area (Å²) in [5, 5.41) is 3.39. The summed E-state index contributed by atoms with van der Waals surface area (Å²) < 4.78 is 5.25. The van der Waals surface area contributed by atoms with Crippen LogP contribution < -0.4 is 5.32 Å². The summed E-state index contributed by atoms with van der Waals surface area (Å²) in [5.41, 5.74) is 0. The molecule has 0 aliphatic rings. The van der Waals surface area contributed by atoms with Crippen molar-refractivity contribution in [2.24, 2.45) is 0 Å². The van der Waals surface area contributed by atoms with Crippen LogP contribution in [0.4, 0.5) is 0 Å². The summed E-state index contributed by atoms with van der Waals surface area (Å²) >= 11 is 0. The summed E-state index contributed by atoms with van der Waals surface area (Å²) in [7, 11) is 2.17. The number of furan rings is 1. The lowest BCUT2D eigenvalue weighted by Gasteiger charge is -2.24. The van der Waals surface area contributed by atoms with Gasteiger partial charge in [0.05, 0.1) is 12.8 Å². The van der Waals surface area contributed by atoms with Gasteiger partial charge in [0, 0.05) is 12.6 Å². The molecular weight excluding hydrogens is 188 g/mol. The average Bonchev–Trinajstić information content (AvgIpc) is 2.71. The van der Waals surface area contributed by atoms with E-state index in [-0.39, 0.29) is 0 Å². The first kappa shape index (κ1) is 12.3. The molecule has 0 aromatic carbocycles. The lowest BCUT2D eigenvalue weighted by molar-refractivity contribution is 0.249. The third kappa shape index (κ3) is 4.49. The maximum absolute atomic E-state index is 5.25. The van der Waals surface area contributed by atoms with Gasteiger partial charge in [-0.2, -0.15) is 0 Å². The molecule has 3 heteroatoms. The molecule has 0 fully saturated rings. The minimum absolute atomic E-state index is 0.569. The number of nitrogens with one attached hydrogen (secondary N) is 1. The largest absolute Gasteiger partial charge is 0.468 e. The minimum Gasteiger partial charge on any atom is -0.468 e. The van der Waals surface area contributed by atoms with Crippen molar-refractivity contribution in [3.63, 3.8) is 0 Å². The molecule has 0 saturated carbocycles. The Hall–Kier alpha value is -0.800. The molecule has 1 aromatic heterocycles. The lowest BCUT2D eigenvalue weighted by atomic mass is 10.2. The van der Waals surface area contributed by atoms with Gasteiger partial charge in [0.15, 0.2) is 0 Å². The lowest BCUT2D eigenvalue weighted by Crippen LogP contribution is -2.38. The average molecular weight is 210 g/mol. The molecule has 3 nitrogen and oxygen atoms in total. The highest BCUT2D eigenvalue weighted by atomic mass is 16.3. The van der Waals surface area contributed by atoms with Crippen molar-refractivity contribution < 1.29 is 4.42 Å². The van der Waals surface area contributed by atoms with Crippen molar-refractivity contribution in [2.75, 3.05) is 20.1 Å². The maximum Gasteiger partial charge on any atom is 0.117 e. The Labute approximate surface area is 92.5 Å². The van der Waals surface area contributed by atoms with Gasteiger partial charge in [-0.3, -0.25) is 0 Å². The van der Waals surface area contributed by atoms with Gasteiger partial charge < -0.3 is 14.6 Å². The van der Waals surface area contributed by atoms with Crippen LogP contribution in [-0.4, -0.2) is 31.1 Å². The van der Waals surface area contributed by atoms with E-state index in [1.807, 2.05) is 12.1 Å². The molecule has 0 aliphatic heterocycles. The Balaban J connectivity index is 2.14. The Kier molecular flexibility index (Phi) is 5.43. The molecular formula is C12H22N2O. The smallest absolute Gasteiger partial charge is 0.117 e. The second-order valence-electron chi connectivity index (χ2n) is 4.04. The summed E-state index contributed by atoms with van der Waals surface area (Å²) in [6.45, 7) is 7.42. The number of rotatable bonds is 7. The Bertz CT molecular complexity index is 246. The zero-order chi connectivity index (χ0) is 11.1. The first-order valence-electron chi connectivity index (χ1n) is 5.67. The van der Waals surface area contributed by atoms with Crippen LogP contribution in [0.2, 0.25) is 0 Å². The van der Waals surface area contributed by atoms with E-state index in [0.29, 0.717) is 6.04 Å². The second kappa shape index (κ2) is 6.64. The van der Waals surface area contributed by atoms with E-state index in [2.05, 4.69) is 31.1 Å². The van der Waals surface area contributed by atoms with Gasteiger partial charge in [-0.15, -0.1) is 0 Å². The van der Waals surface area contributed by atoms with E-state index < -0.39 is 0 Å². The summed E-state index contributed by atoms with van der Waals surface area (Å²) in [5.74, 6) is 1.00. The van der Waals surface area contributed by atoms with Crippen molar-refractivity contribution in [3.8, 4) is 0 Å². The van der Waals surface area contributed by atoms with Crippen LogP contribution in [-0.2, 0) is 6.54 Å². The van der Waals surface area contributed by atoms with Crippen LogP contribution in [0.15, 0.2) is 22.8 Å². The Morgan fingerprint density at radius 3 is 2.93 bits per heavy atom. The predicted octanol–water partition coefficient (Wildman–Crippen LogP) is 2.10. The molecule has 0 aliphatic carbocycles. The van der Waals surface area contributed by atoms with Gasteiger partial charge >= 0.3 is 0 Å². The van der Waals surface area contributed by atoms with E-state index in [0.717, 1.165) is 25.4 Å². The quantitative estimate of drug-likeness (QED) is 0.747. The Morgan fingerprint density at radius 2 is 2.33 bits per heavy atom. The van der Waals surface area contributed by atoms with Crippen molar-refractivity contribution in [1.29, 1.82) is 0 Å². The number of likely N-dealkylation sites (N-methyl/N-ethyl adjacent to an activating group) is 1. The standard InChI is InChI=1S/C12H22N2O/c1-4-7-14(3)11(2)9-13-10-12-6-5-8-15-12/h5-6,8,11,13H,4,7,9-10H2,1-3H3. The van der Waals surface area contributed by atoms with Crippen LogP contribution >= 0.6 is 0 Å². The monoisotopic (exact) mass is 210 g/mol. The fourth-order valence-electron chi connectivity index (χ4n) is 1.55. The fraction of sp³-hybridized carbons (Fsp3) is 0.667. The first-order valence-corrected chi connectivity index (χ1v) is 5.67. The summed E-state index contributed by atoms with van der Waals surface area (Å²) in [6.07, 6.45) is 2.92. The summed E-state index contributed by atoms with van der Waals surface area (Å²) in [4.78, 5) is 2.37. The van der Waals surface area contributed by atoms with E-state index in [9.17, 15) is 0 Å². The molecule has 1 heterocycles. The Morgan fingerprint density at radius 1 is 1.53 bits per heavy atom. The molecule has 15 heavy (non-hydrogen) atoms. The van der Waals surface area contributed by atoms with E-state index in [1.165, 1.54) is 6.42 Å². The van der Waals surface area contributed by atoms with Crippen molar-refractivity contribution in [3.05, 3.63) is 24.2 Å². The van der Waals surface area contributed by atoms with E-state index in [1.54, 1.807) is 6.26 Å². The number of hydrogen-bond acceptors (Lipinski definition) is 3. The van der Waals surface area contributed by atoms with Crippen LogP contribution in [0, 0.1) is 0 Å². The van der Waals surface area contributed by atoms with Crippen molar-refractivity contribution >= 4 is 0 Å². The second-order valence-corrected chi connectivity index (χ2v) is 4.04. The molecule has 1 unspecified atom stereocenters. The predicted molar refractivity (Wildman–Crippen MR) is 62.8 cm³/mol. The zero-order valence-electron chi connectivity index (χ0n) is 9.99. The van der Waals surface area contributed by atoms with Crippen LogP contribution in [0.5, 0.6) is 0 Å². The topological polar surface area (TPSA) is 28.4 Å². The molecule has 1 rings (SSSR count). The third-order valence-corrected chi connectivity index (χ3v) is 2.65. The third-order valence-electron chi connectivity index (χ3n) is 2.65. The van der Waals surface area contributed by atoms with Crippen molar-refractivity contribution in [1.82, 2.24) is 10.2 Å². The SMILES string of the molecule is CCCN(C)C(C)CNCc1ccco1. The van der Waals surface area contributed by atoms with E-state index >= 15 is 0 Å². The normalized spacial score (nSPS) is 13.3. The van der Waals surface area contributed by atoms with Gasteiger partial charge in [0.25, 0.3) is 0 Å². The van der Waals surface area contributed by atoms with Gasteiger partial charge in [-0.25, -0.2) is 0 Å². The molecule has 1 N–H and O–H groups in total. The number of nitrogens with zero attached hydrogens (tertiary/aromatic N) is 1. The molecule has 0 bridgehead atoms. The highest BCUT2D eigenvalue weighted by Gasteiger charge is 2.07. The van der Waals surface area contributed by atoms with Gasteiger partial charge in [0.2, 0.25) is 0 Å². The minimum atomic E-state index is 0.569. The van der Waals surface area contributed by atoms with Gasteiger partial charge in [0.1, 0.15) is 5.76 Å². The highest BCUT2D eigenvalue weighted by molar-refractivity contribution is 4.97. The van der Waals surface area contributed by atoms with E-state index in [4.69, 9.17) is 4.42 Å². The summed E-state index contributed by atoms with van der Waals surface area (Å²) in [6, 6.07) is 4.48. The zero-order valence-corrected chi connectivity index (χ0v) is 9.99. The molecule has 0 amide bonds. The number of hydrogen-bond donors (Lipinski definition) is 1. The highest BCUT2D eigenvalue weighted by Crippen LogP contribution is 2.00.